The second kappa shape index (κ2) is 9.84. The Bertz CT molecular complexity index is 1170. The molecule has 9 heteroatoms. The van der Waals surface area contributed by atoms with Crippen molar-refractivity contribution >= 4 is 39.0 Å². The molecule has 0 unspecified atom stereocenters. The number of amides is 1. The molecule has 180 valence electrons. The molecule has 0 bridgehead atoms. The van der Waals surface area contributed by atoms with Crippen LogP contribution in [0.1, 0.15) is 28.6 Å². The summed E-state index contributed by atoms with van der Waals surface area (Å²) in [5, 5.41) is 1.00. The van der Waals surface area contributed by atoms with Gasteiger partial charge in [0, 0.05) is 52.4 Å². The zero-order valence-electron chi connectivity index (χ0n) is 19.8. The lowest BCUT2D eigenvalue weighted by Crippen LogP contribution is -2.49. The second-order valence-corrected chi connectivity index (χ2v) is 9.99. The molecule has 2 aromatic heterocycles. The Morgan fingerprint density at radius 3 is 2.41 bits per heavy atom. The van der Waals surface area contributed by atoms with Gasteiger partial charge in [0.25, 0.3) is 5.91 Å². The van der Waals surface area contributed by atoms with E-state index in [-0.39, 0.29) is 11.7 Å². The molecular formula is C25H31FN6OS. The summed E-state index contributed by atoms with van der Waals surface area (Å²) in [5.41, 5.74) is 1.57. The predicted molar refractivity (Wildman–Crippen MR) is 136 cm³/mol. The van der Waals surface area contributed by atoms with Crippen molar-refractivity contribution in [2.45, 2.75) is 20.3 Å². The number of hydrogen-bond acceptors (Lipinski definition) is 7. The number of benzene rings is 1. The van der Waals surface area contributed by atoms with Crippen molar-refractivity contribution in [3.05, 3.63) is 46.9 Å². The number of para-hydroxylation sites is 1. The lowest BCUT2D eigenvalue weighted by molar-refractivity contribution is 0.0751. The van der Waals surface area contributed by atoms with Gasteiger partial charge in [-0.15, -0.1) is 11.3 Å². The first kappa shape index (κ1) is 23.0. The van der Waals surface area contributed by atoms with E-state index in [0.29, 0.717) is 31.9 Å². The van der Waals surface area contributed by atoms with Gasteiger partial charge >= 0.3 is 0 Å². The van der Waals surface area contributed by atoms with Crippen LogP contribution in [-0.4, -0.2) is 84.6 Å². The maximum atomic E-state index is 14.2. The minimum atomic E-state index is -0.218. The fourth-order valence-electron chi connectivity index (χ4n) is 5.00. The number of hydrogen-bond donors (Lipinski definition) is 0. The third kappa shape index (κ3) is 4.34. The SMILES string of the molecule is CCCN1CCN(c2ncnc3sc(C(=O)N4CCN(c5ccccc5F)CC4)c(C)c23)CC1. The van der Waals surface area contributed by atoms with Crippen LogP contribution in [0.5, 0.6) is 0 Å². The average Bonchev–Trinajstić information content (AvgIpc) is 3.21. The van der Waals surface area contributed by atoms with E-state index in [2.05, 4.69) is 26.7 Å². The Balaban J connectivity index is 1.33. The topological polar surface area (TPSA) is 55.8 Å². The molecule has 2 saturated heterocycles. The summed E-state index contributed by atoms with van der Waals surface area (Å²) in [7, 11) is 0. The molecule has 2 aliphatic heterocycles. The van der Waals surface area contributed by atoms with Gasteiger partial charge in [-0.25, -0.2) is 14.4 Å². The molecule has 2 aliphatic rings. The standard InChI is InChI=1S/C25H31FN6OS/c1-3-8-29-9-11-31(12-10-29)23-21-18(2)22(34-24(21)28-17-27-23)25(33)32-15-13-30(14-16-32)20-7-5-4-6-19(20)26/h4-7,17H,3,8-16H2,1-2H3. The smallest absolute Gasteiger partial charge is 0.264 e. The summed E-state index contributed by atoms with van der Waals surface area (Å²) in [4.78, 5) is 32.9. The van der Waals surface area contributed by atoms with Gasteiger partial charge in [0.1, 0.15) is 22.8 Å². The van der Waals surface area contributed by atoms with Crippen LogP contribution in [0, 0.1) is 12.7 Å². The Morgan fingerprint density at radius 2 is 1.71 bits per heavy atom. The lowest BCUT2D eigenvalue weighted by Gasteiger charge is -2.36. The zero-order valence-corrected chi connectivity index (χ0v) is 20.7. The van der Waals surface area contributed by atoms with Crippen LogP contribution in [-0.2, 0) is 0 Å². The summed E-state index contributed by atoms with van der Waals surface area (Å²) >= 11 is 1.46. The van der Waals surface area contributed by atoms with E-state index in [1.54, 1.807) is 18.5 Å². The predicted octanol–water partition coefficient (Wildman–Crippen LogP) is 3.63. The molecule has 0 N–H and O–H groups in total. The number of aryl methyl sites for hydroxylation is 1. The van der Waals surface area contributed by atoms with Gasteiger partial charge in [-0.2, -0.15) is 0 Å². The van der Waals surface area contributed by atoms with E-state index in [9.17, 15) is 9.18 Å². The van der Waals surface area contributed by atoms with Crippen molar-refractivity contribution in [2.75, 3.05) is 68.7 Å². The molecule has 0 atom stereocenters. The lowest BCUT2D eigenvalue weighted by atomic mass is 10.1. The molecule has 1 amide bonds. The summed E-state index contributed by atoms with van der Waals surface area (Å²) in [6, 6.07) is 6.82. The highest BCUT2D eigenvalue weighted by Gasteiger charge is 2.28. The molecule has 0 aliphatic carbocycles. The zero-order chi connectivity index (χ0) is 23.7. The first-order valence-corrected chi connectivity index (χ1v) is 12.9. The van der Waals surface area contributed by atoms with Gasteiger partial charge < -0.3 is 14.7 Å². The molecule has 1 aromatic carbocycles. The highest BCUT2D eigenvalue weighted by Crippen LogP contribution is 2.36. The molecule has 0 saturated carbocycles. The molecule has 0 radical (unpaired) electrons. The van der Waals surface area contributed by atoms with Crippen molar-refractivity contribution in [1.82, 2.24) is 19.8 Å². The van der Waals surface area contributed by atoms with Gasteiger partial charge in [0.2, 0.25) is 0 Å². The van der Waals surface area contributed by atoms with Gasteiger partial charge in [-0.1, -0.05) is 19.1 Å². The normalized spacial score (nSPS) is 17.6. The first-order chi connectivity index (χ1) is 16.6. The van der Waals surface area contributed by atoms with Crippen molar-refractivity contribution in [3.63, 3.8) is 0 Å². The summed E-state index contributed by atoms with van der Waals surface area (Å²) in [5.74, 6) is 0.759. The van der Waals surface area contributed by atoms with Crippen LogP contribution in [0.15, 0.2) is 30.6 Å². The Labute approximate surface area is 203 Å². The van der Waals surface area contributed by atoms with Crippen molar-refractivity contribution in [1.29, 1.82) is 0 Å². The van der Waals surface area contributed by atoms with Crippen LogP contribution >= 0.6 is 11.3 Å². The molecule has 7 nitrogen and oxygen atoms in total. The van der Waals surface area contributed by atoms with Crippen LogP contribution in [0.4, 0.5) is 15.9 Å². The largest absolute Gasteiger partial charge is 0.366 e. The van der Waals surface area contributed by atoms with Crippen molar-refractivity contribution in [2.24, 2.45) is 0 Å². The second-order valence-electron chi connectivity index (χ2n) is 8.99. The summed E-state index contributed by atoms with van der Waals surface area (Å²) in [6.07, 6.45) is 2.79. The Morgan fingerprint density at radius 1 is 1.00 bits per heavy atom. The van der Waals surface area contributed by atoms with E-state index in [1.165, 1.54) is 23.8 Å². The van der Waals surface area contributed by atoms with Crippen LogP contribution < -0.4 is 9.80 Å². The highest BCUT2D eigenvalue weighted by molar-refractivity contribution is 7.20. The van der Waals surface area contributed by atoms with Crippen molar-refractivity contribution < 1.29 is 9.18 Å². The number of aromatic nitrogens is 2. The van der Waals surface area contributed by atoms with Gasteiger partial charge in [0.05, 0.1) is 16.0 Å². The molecular weight excluding hydrogens is 451 g/mol. The first-order valence-electron chi connectivity index (χ1n) is 12.1. The van der Waals surface area contributed by atoms with Crippen LogP contribution in [0.3, 0.4) is 0 Å². The van der Waals surface area contributed by atoms with E-state index in [0.717, 1.165) is 59.2 Å². The number of carbonyl (C=O) groups excluding carboxylic acids is 1. The summed E-state index contributed by atoms with van der Waals surface area (Å²) < 4.78 is 14.2. The molecule has 34 heavy (non-hydrogen) atoms. The number of halogens is 1. The Hall–Kier alpha value is -2.78. The van der Waals surface area contributed by atoms with Gasteiger partial charge in [0.15, 0.2) is 0 Å². The minimum absolute atomic E-state index is 0.0346. The maximum absolute atomic E-state index is 14.2. The molecule has 4 heterocycles. The molecule has 0 spiro atoms. The monoisotopic (exact) mass is 482 g/mol. The van der Waals surface area contributed by atoms with E-state index in [1.807, 2.05) is 22.8 Å². The third-order valence-corrected chi connectivity index (χ3v) is 8.06. The Kier molecular flexibility index (Phi) is 6.65. The average molecular weight is 483 g/mol. The quantitative estimate of drug-likeness (QED) is 0.554. The highest BCUT2D eigenvalue weighted by atomic mass is 32.1. The fourth-order valence-corrected chi connectivity index (χ4v) is 6.11. The molecule has 2 fully saturated rings. The summed E-state index contributed by atoms with van der Waals surface area (Å²) in [6.45, 7) is 11.7. The number of thiophene rings is 1. The number of nitrogens with zero attached hydrogens (tertiary/aromatic N) is 6. The third-order valence-electron chi connectivity index (χ3n) is 6.87. The number of carbonyl (C=O) groups is 1. The van der Waals surface area contributed by atoms with Crippen LogP contribution in [0.25, 0.3) is 10.2 Å². The number of rotatable bonds is 5. The number of anilines is 2. The number of fused-ring (bicyclic) bond motifs is 1. The van der Waals surface area contributed by atoms with E-state index >= 15 is 0 Å². The fraction of sp³-hybridized carbons (Fsp3) is 0.480. The van der Waals surface area contributed by atoms with Crippen molar-refractivity contribution in [3.8, 4) is 0 Å². The number of piperazine rings is 2. The van der Waals surface area contributed by atoms with Gasteiger partial charge in [-0.3, -0.25) is 9.69 Å². The molecule has 3 aromatic rings. The maximum Gasteiger partial charge on any atom is 0.264 e. The van der Waals surface area contributed by atoms with E-state index in [4.69, 9.17) is 0 Å². The minimum Gasteiger partial charge on any atom is -0.366 e. The van der Waals surface area contributed by atoms with Gasteiger partial charge in [-0.05, 0) is 37.6 Å². The van der Waals surface area contributed by atoms with Crippen LogP contribution in [0.2, 0.25) is 0 Å². The van der Waals surface area contributed by atoms with E-state index < -0.39 is 0 Å². The molecule has 5 rings (SSSR count).